The maximum Gasteiger partial charge on any atom is 0.0972 e. The third kappa shape index (κ3) is 4.65. The van der Waals surface area contributed by atoms with Gasteiger partial charge < -0.3 is 0 Å². The van der Waals surface area contributed by atoms with Gasteiger partial charge in [-0.3, -0.25) is 4.98 Å². The molecule has 0 spiro atoms. The molecule has 10 aromatic rings. The Morgan fingerprint density at radius 3 is 1.70 bits per heavy atom. The molecule has 10 rings (SSSR count). The van der Waals surface area contributed by atoms with Crippen LogP contribution in [0, 0.1) is 0 Å². The molecule has 232 valence electrons. The molecule has 2 heterocycles. The summed E-state index contributed by atoms with van der Waals surface area (Å²) in [6.07, 6.45) is 1.84. The molecule has 0 unspecified atom stereocenters. The molecule has 0 atom stereocenters. The third-order valence-corrected chi connectivity index (χ3v) is 10.1. The fourth-order valence-electron chi connectivity index (χ4n) is 7.65. The van der Waals surface area contributed by atoms with Crippen LogP contribution in [-0.2, 0) is 0 Å². The van der Waals surface area contributed by atoms with Crippen molar-refractivity contribution in [3.8, 4) is 44.6 Å². The zero-order chi connectivity index (χ0) is 33.0. The summed E-state index contributed by atoms with van der Waals surface area (Å²) >= 11 is 0. The minimum atomic E-state index is 0.932. The van der Waals surface area contributed by atoms with E-state index in [9.17, 15) is 0 Å². The van der Waals surface area contributed by atoms with Crippen molar-refractivity contribution in [2.75, 3.05) is 0 Å². The lowest BCUT2D eigenvalue weighted by atomic mass is 9.84. The van der Waals surface area contributed by atoms with Crippen LogP contribution in [0.15, 0.2) is 182 Å². The topological polar surface area (TPSA) is 25.8 Å². The van der Waals surface area contributed by atoms with Crippen LogP contribution in [0.2, 0.25) is 0 Å². The summed E-state index contributed by atoms with van der Waals surface area (Å²) in [6.45, 7) is 0. The highest BCUT2D eigenvalue weighted by atomic mass is 14.7. The molecule has 0 fully saturated rings. The van der Waals surface area contributed by atoms with Crippen molar-refractivity contribution < 1.29 is 0 Å². The molecule has 0 radical (unpaired) electrons. The second kappa shape index (κ2) is 11.5. The van der Waals surface area contributed by atoms with Gasteiger partial charge >= 0.3 is 0 Å². The highest BCUT2D eigenvalue weighted by molar-refractivity contribution is 6.22. The maximum atomic E-state index is 5.09. The molecule has 0 saturated heterocycles. The fraction of sp³-hybridized carbons (Fsp3) is 0. The predicted molar refractivity (Wildman–Crippen MR) is 211 cm³/mol. The maximum absolute atomic E-state index is 5.09. The van der Waals surface area contributed by atoms with Crippen molar-refractivity contribution in [3.05, 3.63) is 182 Å². The van der Waals surface area contributed by atoms with E-state index < -0.39 is 0 Å². The van der Waals surface area contributed by atoms with E-state index in [1.165, 1.54) is 65.7 Å². The molecule has 0 amide bonds. The zero-order valence-electron chi connectivity index (χ0n) is 27.2. The molecule has 0 saturated carbocycles. The Bertz CT molecular complexity index is 2910. The molecule has 2 aromatic heterocycles. The Kier molecular flexibility index (Phi) is 6.53. The number of nitrogens with zero attached hydrogens (tertiary/aromatic N) is 2. The van der Waals surface area contributed by atoms with Crippen LogP contribution >= 0.6 is 0 Å². The lowest BCUT2D eigenvalue weighted by Crippen LogP contribution is -1.92. The molecule has 50 heavy (non-hydrogen) atoms. The Hall–Kier alpha value is -6.64. The highest BCUT2D eigenvalue weighted by Crippen LogP contribution is 2.45. The Morgan fingerprint density at radius 1 is 0.300 bits per heavy atom. The number of benzene rings is 8. The summed E-state index contributed by atoms with van der Waals surface area (Å²) in [5.41, 5.74) is 11.2. The Morgan fingerprint density at radius 2 is 0.880 bits per heavy atom. The third-order valence-electron chi connectivity index (χ3n) is 10.1. The van der Waals surface area contributed by atoms with E-state index in [1.54, 1.807) is 0 Å². The van der Waals surface area contributed by atoms with Gasteiger partial charge in [0.2, 0.25) is 0 Å². The van der Waals surface area contributed by atoms with Gasteiger partial charge in [-0.15, -0.1) is 0 Å². The van der Waals surface area contributed by atoms with Gasteiger partial charge in [0.15, 0.2) is 0 Å². The van der Waals surface area contributed by atoms with Crippen molar-refractivity contribution in [2.45, 2.75) is 0 Å². The molecule has 2 heteroatoms. The first-order chi connectivity index (χ1) is 24.8. The standard InChI is InChI=1S/C48H30N2/c1-2-10-34(11-3-1)45-40-14-6-7-15-41(40)46(39-23-18-31-9-4-5-12-37(31)29-39)42-26-24-38(30-43(42)45)32-16-19-33(20-17-32)44-27-25-36-22-21-35-13-8-28-49-47(35)48(36)50-44/h1-30H. The second-order valence-corrected chi connectivity index (χ2v) is 13.0. The minimum absolute atomic E-state index is 0.932. The molecule has 0 aliphatic carbocycles. The summed E-state index contributed by atoms with van der Waals surface area (Å²) in [7, 11) is 0. The number of rotatable bonds is 4. The van der Waals surface area contributed by atoms with Crippen LogP contribution in [0.4, 0.5) is 0 Å². The number of fused-ring (bicyclic) bond motifs is 6. The van der Waals surface area contributed by atoms with Crippen molar-refractivity contribution in [1.82, 2.24) is 9.97 Å². The molecule has 8 aromatic carbocycles. The highest BCUT2D eigenvalue weighted by Gasteiger charge is 2.18. The molecule has 2 nitrogen and oxygen atoms in total. The van der Waals surface area contributed by atoms with E-state index in [4.69, 9.17) is 4.98 Å². The van der Waals surface area contributed by atoms with E-state index in [0.29, 0.717) is 0 Å². The number of aromatic nitrogens is 2. The largest absolute Gasteiger partial charge is 0.254 e. The lowest BCUT2D eigenvalue weighted by Gasteiger charge is -2.19. The van der Waals surface area contributed by atoms with Gasteiger partial charge in [-0.1, -0.05) is 152 Å². The van der Waals surface area contributed by atoms with Crippen molar-refractivity contribution in [2.24, 2.45) is 0 Å². The number of hydrogen-bond donors (Lipinski definition) is 0. The summed E-state index contributed by atoms with van der Waals surface area (Å²) in [5.74, 6) is 0. The van der Waals surface area contributed by atoms with Crippen LogP contribution in [0.3, 0.4) is 0 Å². The zero-order valence-corrected chi connectivity index (χ0v) is 27.2. The first-order valence-electron chi connectivity index (χ1n) is 17.1. The van der Waals surface area contributed by atoms with E-state index in [1.807, 2.05) is 12.3 Å². The van der Waals surface area contributed by atoms with Crippen molar-refractivity contribution >= 4 is 54.1 Å². The summed E-state index contributed by atoms with van der Waals surface area (Å²) in [4.78, 5) is 9.73. The van der Waals surface area contributed by atoms with Gasteiger partial charge in [0.1, 0.15) is 0 Å². The van der Waals surface area contributed by atoms with Gasteiger partial charge in [0.25, 0.3) is 0 Å². The van der Waals surface area contributed by atoms with Crippen molar-refractivity contribution in [3.63, 3.8) is 0 Å². The van der Waals surface area contributed by atoms with E-state index in [0.717, 1.165) is 33.1 Å². The molecule has 0 N–H and O–H groups in total. The average molecular weight is 635 g/mol. The Labute approximate surface area is 290 Å². The summed E-state index contributed by atoms with van der Waals surface area (Å²) in [6, 6.07) is 63.5. The Balaban J connectivity index is 1.15. The van der Waals surface area contributed by atoms with E-state index >= 15 is 0 Å². The van der Waals surface area contributed by atoms with Gasteiger partial charge in [0.05, 0.1) is 16.7 Å². The van der Waals surface area contributed by atoms with Crippen LogP contribution in [-0.4, -0.2) is 9.97 Å². The molecular weight excluding hydrogens is 605 g/mol. The first-order valence-corrected chi connectivity index (χ1v) is 17.1. The minimum Gasteiger partial charge on any atom is -0.254 e. The lowest BCUT2D eigenvalue weighted by molar-refractivity contribution is 1.37. The van der Waals surface area contributed by atoms with Crippen LogP contribution in [0.1, 0.15) is 0 Å². The van der Waals surface area contributed by atoms with E-state index in [-0.39, 0.29) is 0 Å². The van der Waals surface area contributed by atoms with Crippen LogP contribution in [0.25, 0.3) is 98.8 Å². The monoisotopic (exact) mass is 634 g/mol. The quantitative estimate of drug-likeness (QED) is 0.142. The van der Waals surface area contributed by atoms with Gasteiger partial charge in [0, 0.05) is 22.5 Å². The first kappa shape index (κ1) is 28.4. The molecule has 0 bridgehead atoms. The smallest absolute Gasteiger partial charge is 0.0972 e. The molecule has 0 aliphatic rings. The van der Waals surface area contributed by atoms with Gasteiger partial charge in [-0.2, -0.15) is 0 Å². The normalized spacial score (nSPS) is 11.6. The van der Waals surface area contributed by atoms with Gasteiger partial charge in [-0.05, 0) is 90.0 Å². The molecular formula is C48H30N2. The van der Waals surface area contributed by atoms with Gasteiger partial charge in [-0.25, -0.2) is 4.98 Å². The average Bonchev–Trinajstić information content (AvgIpc) is 3.19. The number of hydrogen-bond acceptors (Lipinski definition) is 2. The fourth-order valence-corrected chi connectivity index (χ4v) is 7.65. The SMILES string of the molecule is c1ccc(-c2c3ccccc3c(-c3ccc4ccccc4c3)c3ccc(-c4ccc(-c5ccc6ccc7cccnc7c6n5)cc4)cc23)cc1. The second-order valence-electron chi connectivity index (χ2n) is 13.0. The summed E-state index contributed by atoms with van der Waals surface area (Å²) in [5, 5.41) is 9.70. The van der Waals surface area contributed by atoms with Crippen molar-refractivity contribution in [1.29, 1.82) is 0 Å². The van der Waals surface area contributed by atoms with Crippen LogP contribution in [0.5, 0.6) is 0 Å². The van der Waals surface area contributed by atoms with Crippen LogP contribution < -0.4 is 0 Å². The predicted octanol–water partition coefficient (Wildman–Crippen LogP) is 12.9. The summed E-state index contributed by atoms with van der Waals surface area (Å²) < 4.78 is 0. The number of pyridine rings is 2. The molecule has 0 aliphatic heterocycles. The van der Waals surface area contributed by atoms with E-state index in [2.05, 4.69) is 175 Å².